The zero-order chi connectivity index (χ0) is 17.5. The molecule has 24 heavy (non-hydrogen) atoms. The quantitative estimate of drug-likeness (QED) is 0.769. The summed E-state index contributed by atoms with van der Waals surface area (Å²) in [5, 5.41) is 0. The second-order valence-corrected chi connectivity index (χ2v) is 4.74. The SMILES string of the molecule is COc1ccc(OC)c(C(=O)NNC(=O)Cn2ccccc2=O)c1. The lowest BCUT2D eigenvalue weighted by atomic mass is 10.2. The van der Waals surface area contributed by atoms with Crippen LogP contribution in [0.2, 0.25) is 0 Å². The molecule has 0 saturated carbocycles. The van der Waals surface area contributed by atoms with Gasteiger partial charge >= 0.3 is 0 Å². The van der Waals surface area contributed by atoms with Crippen molar-refractivity contribution >= 4 is 11.8 Å². The summed E-state index contributed by atoms with van der Waals surface area (Å²) in [5.74, 6) is -0.303. The lowest BCUT2D eigenvalue weighted by Gasteiger charge is -2.12. The molecule has 1 heterocycles. The molecule has 0 unspecified atom stereocenters. The minimum absolute atomic E-state index is 0.203. The van der Waals surface area contributed by atoms with Crippen LogP contribution in [0, 0.1) is 0 Å². The molecule has 0 saturated heterocycles. The molecular formula is C16H17N3O5. The number of methoxy groups -OCH3 is 2. The molecule has 8 nitrogen and oxygen atoms in total. The molecule has 8 heteroatoms. The summed E-state index contributed by atoms with van der Waals surface area (Å²) in [6.45, 7) is -0.213. The van der Waals surface area contributed by atoms with Gasteiger partial charge in [0, 0.05) is 12.3 Å². The minimum atomic E-state index is -0.570. The van der Waals surface area contributed by atoms with Crippen LogP contribution in [0.3, 0.4) is 0 Å². The van der Waals surface area contributed by atoms with Crippen molar-refractivity contribution in [3.63, 3.8) is 0 Å². The van der Waals surface area contributed by atoms with Gasteiger partial charge in [-0.15, -0.1) is 0 Å². The van der Waals surface area contributed by atoms with Gasteiger partial charge in [-0.05, 0) is 24.3 Å². The summed E-state index contributed by atoms with van der Waals surface area (Å²) in [4.78, 5) is 35.6. The van der Waals surface area contributed by atoms with Crippen molar-refractivity contribution in [3.05, 3.63) is 58.5 Å². The molecule has 0 spiro atoms. The monoisotopic (exact) mass is 331 g/mol. The standard InChI is InChI=1S/C16H17N3O5/c1-23-11-6-7-13(24-2)12(9-11)16(22)18-17-14(20)10-19-8-4-3-5-15(19)21/h3-9H,10H2,1-2H3,(H,17,20)(H,18,22). The molecule has 126 valence electrons. The van der Waals surface area contributed by atoms with Crippen molar-refractivity contribution in [1.29, 1.82) is 0 Å². The first-order valence-corrected chi connectivity index (χ1v) is 7.02. The summed E-state index contributed by atoms with van der Waals surface area (Å²) in [7, 11) is 2.90. The van der Waals surface area contributed by atoms with Crippen LogP contribution in [0.1, 0.15) is 10.4 Å². The van der Waals surface area contributed by atoms with Crippen molar-refractivity contribution in [2.45, 2.75) is 6.54 Å². The van der Waals surface area contributed by atoms with Crippen LogP contribution in [0.5, 0.6) is 11.5 Å². The number of pyridine rings is 1. The predicted molar refractivity (Wildman–Crippen MR) is 85.9 cm³/mol. The van der Waals surface area contributed by atoms with E-state index in [2.05, 4.69) is 10.9 Å². The molecule has 1 aromatic heterocycles. The van der Waals surface area contributed by atoms with Gasteiger partial charge in [-0.25, -0.2) is 0 Å². The number of nitrogens with one attached hydrogen (secondary N) is 2. The number of benzene rings is 1. The fraction of sp³-hybridized carbons (Fsp3) is 0.188. The molecule has 2 amide bonds. The molecule has 0 aliphatic heterocycles. The highest BCUT2D eigenvalue weighted by atomic mass is 16.5. The maximum absolute atomic E-state index is 12.2. The number of carbonyl (C=O) groups is 2. The topological polar surface area (TPSA) is 98.7 Å². The number of nitrogens with zero attached hydrogens (tertiary/aromatic N) is 1. The second kappa shape index (κ2) is 7.82. The number of amides is 2. The van der Waals surface area contributed by atoms with E-state index in [1.807, 2.05) is 0 Å². The van der Waals surface area contributed by atoms with E-state index in [0.29, 0.717) is 11.5 Å². The number of rotatable bonds is 5. The molecule has 0 aliphatic rings. The van der Waals surface area contributed by atoms with Crippen molar-refractivity contribution in [2.75, 3.05) is 14.2 Å². The second-order valence-electron chi connectivity index (χ2n) is 4.74. The van der Waals surface area contributed by atoms with Gasteiger partial charge in [-0.2, -0.15) is 0 Å². The van der Waals surface area contributed by atoms with Crippen LogP contribution in [-0.4, -0.2) is 30.6 Å². The smallest absolute Gasteiger partial charge is 0.273 e. The summed E-state index contributed by atoms with van der Waals surface area (Å²) in [6, 6.07) is 9.27. The van der Waals surface area contributed by atoms with Crippen molar-refractivity contribution in [1.82, 2.24) is 15.4 Å². The van der Waals surface area contributed by atoms with Crippen LogP contribution in [0.25, 0.3) is 0 Å². The fourth-order valence-corrected chi connectivity index (χ4v) is 1.97. The fourth-order valence-electron chi connectivity index (χ4n) is 1.97. The maximum atomic E-state index is 12.2. The normalized spacial score (nSPS) is 9.92. The summed E-state index contributed by atoms with van der Waals surface area (Å²) >= 11 is 0. The van der Waals surface area contributed by atoms with E-state index in [0.717, 1.165) is 0 Å². The average molecular weight is 331 g/mol. The summed E-state index contributed by atoms with van der Waals surface area (Å²) in [6.07, 6.45) is 1.48. The zero-order valence-corrected chi connectivity index (χ0v) is 13.2. The molecule has 2 N–H and O–H groups in total. The van der Waals surface area contributed by atoms with E-state index < -0.39 is 11.8 Å². The Morgan fingerprint density at radius 1 is 1.08 bits per heavy atom. The van der Waals surface area contributed by atoms with Crippen molar-refractivity contribution < 1.29 is 19.1 Å². The highest BCUT2D eigenvalue weighted by molar-refractivity contribution is 5.98. The number of carbonyl (C=O) groups excluding carboxylic acids is 2. The Labute approximate surface area is 138 Å². The van der Waals surface area contributed by atoms with Crippen molar-refractivity contribution in [3.8, 4) is 11.5 Å². The summed E-state index contributed by atoms with van der Waals surface area (Å²) < 4.78 is 11.4. The molecule has 0 bridgehead atoms. The summed E-state index contributed by atoms with van der Waals surface area (Å²) in [5.41, 5.74) is 4.42. The average Bonchev–Trinajstić information content (AvgIpc) is 2.61. The Kier molecular flexibility index (Phi) is 5.56. The lowest BCUT2D eigenvalue weighted by molar-refractivity contribution is -0.122. The number of hydrogen-bond acceptors (Lipinski definition) is 5. The first-order chi connectivity index (χ1) is 11.5. The highest BCUT2D eigenvalue weighted by Gasteiger charge is 2.14. The third-order valence-electron chi connectivity index (χ3n) is 3.18. The lowest BCUT2D eigenvalue weighted by Crippen LogP contribution is -2.44. The number of ether oxygens (including phenoxy) is 2. The molecular weight excluding hydrogens is 314 g/mol. The first-order valence-electron chi connectivity index (χ1n) is 7.02. The number of hydrazine groups is 1. The predicted octanol–water partition coefficient (Wildman–Crippen LogP) is 0.327. The van der Waals surface area contributed by atoms with Gasteiger partial charge < -0.3 is 14.0 Å². The van der Waals surface area contributed by atoms with Crippen LogP contribution in [-0.2, 0) is 11.3 Å². The molecule has 0 fully saturated rings. The van der Waals surface area contributed by atoms with E-state index in [4.69, 9.17) is 9.47 Å². The van der Waals surface area contributed by atoms with E-state index in [1.165, 1.54) is 37.1 Å². The van der Waals surface area contributed by atoms with E-state index in [9.17, 15) is 14.4 Å². The van der Waals surface area contributed by atoms with Crippen LogP contribution in [0.15, 0.2) is 47.4 Å². The van der Waals surface area contributed by atoms with E-state index >= 15 is 0 Å². The Bertz CT molecular complexity index is 800. The molecule has 2 rings (SSSR count). The van der Waals surface area contributed by atoms with Gasteiger partial charge in [0.25, 0.3) is 17.4 Å². The Balaban J connectivity index is 2.01. The van der Waals surface area contributed by atoms with Gasteiger partial charge in [0.1, 0.15) is 18.0 Å². The Morgan fingerprint density at radius 3 is 2.54 bits per heavy atom. The number of hydrogen-bond donors (Lipinski definition) is 2. The van der Waals surface area contributed by atoms with Crippen LogP contribution in [0.4, 0.5) is 0 Å². The Morgan fingerprint density at radius 2 is 1.88 bits per heavy atom. The van der Waals surface area contributed by atoms with Gasteiger partial charge in [0.2, 0.25) is 0 Å². The maximum Gasteiger partial charge on any atom is 0.273 e. The minimum Gasteiger partial charge on any atom is -0.497 e. The van der Waals surface area contributed by atoms with E-state index in [1.54, 1.807) is 24.3 Å². The first kappa shape index (κ1) is 17.1. The third-order valence-corrected chi connectivity index (χ3v) is 3.18. The highest BCUT2D eigenvalue weighted by Crippen LogP contribution is 2.23. The molecule has 0 aliphatic carbocycles. The van der Waals surface area contributed by atoms with Crippen molar-refractivity contribution in [2.24, 2.45) is 0 Å². The molecule has 0 atom stereocenters. The van der Waals surface area contributed by atoms with Gasteiger partial charge in [0.15, 0.2) is 0 Å². The van der Waals surface area contributed by atoms with Gasteiger partial charge in [0.05, 0.1) is 19.8 Å². The Hall–Kier alpha value is -3.29. The number of aromatic nitrogens is 1. The largest absolute Gasteiger partial charge is 0.497 e. The molecule has 2 aromatic rings. The van der Waals surface area contributed by atoms with Gasteiger partial charge in [-0.3, -0.25) is 25.2 Å². The van der Waals surface area contributed by atoms with Gasteiger partial charge in [-0.1, -0.05) is 6.07 Å². The third kappa shape index (κ3) is 4.13. The van der Waals surface area contributed by atoms with E-state index in [-0.39, 0.29) is 17.7 Å². The zero-order valence-electron chi connectivity index (χ0n) is 13.2. The molecule has 0 radical (unpaired) electrons. The van der Waals surface area contributed by atoms with Crippen LogP contribution < -0.4 is 25.9 Å². The molecule has 1 aromatic carbocycles. The van der Waals surface area contributed by atoms with Crippen LogP contribution >= 0.6 is 0 Å².